The fourth-order valence-corrected chi connectivity index (χ4v) is 9.78. The fourth-order valence-electron chi connectivity index (χ4n) is 9.78. The molecule has 0 radical (unpaired) electrons. The molecule has 3 fully saturated rings. The van der Waals surface area contributed by atoms with Crippen LogP contribution in [-0.4, -0.2) is 0 Å². The third kappa shape index (κ3) is 5.72. The van der Waals surface area contributed by atoms with Crippen molar-refractivity contribution in [3.8, 4) is 33.4 Å². The van der Waals surface area contributed by atoms with Crippen molar-refractivity contribution in [3.05, 3.63) is 188 Å². The Morgan fingerprint density at radius 2 is 0.962 bits per heavy atom. The molecule has 0 heterocycles. The molecule has 0 unspecified atom stereocenters. The maximum absolute atomic E-state index is 2.50. The number of anilines is 3. The summed E-state index contributed by atoms with van der Waals surface area (Å²) in [4.78, 5) is 2.43. The van der Waals surface area contributed by atoms with Gasteiger partial charge < -0.3 is 4.90 Å². The molecule has 11 rings (SSSR count). The molecule has 8 aromatic carbocycles. The highest BCUT2D eigenvalue weighted by atomic mass is 15.1. The van der Waals surface area contributed by atoms with E-state index in [0.29, 0.717) is 0 Å². The maximum Gasteiger partial charge on any atom is 0.0467 e. The number of rotatable bonds is 7. The second kappa shape index (κ2) is 12.9. The van der Waals surface area contributed by atoms with E-state index >= 15 is 0 Å². The Balaban J connectivity index is 1.09. The number of fused-ring (bicyclic) bond motifs is 4. The first-order chi connectivity index (χ1) is 26.1. The summed E-state index contributed by atoms with van der Waals surface area (Å²) in [6.45, 7) is 2.50. The highest BCUT2D eigenvalue weighted by molar-refractivity contribution is 6.06. The minimum Gasteiger partial charge on any atom is -0.310 e. The summed E-state index contributed by atoms with van der Waals surface area (Å²) in [7, 11) is 0. The molecule has 0 atom stereocenters. The van der Waals surface area contributed by atoms with Crippen LogP contribution in [0.4, 0.5) is 17.1 Å². The van der Waals surface area contributed by atoms with Crippen molar-refractivity contribution in [2.45, 2.75) is 38.0 Å². The van der Waals surface area contributed by atoms with Crippen LogP contribution in [0.2, 0.25) is 0 Å². The monoisotopic (exact) mass is 681 g/mol. The van der Waals surface area contributed by atoms with Crippen LogP contribution >= 0.6 is 0 Å². The molecule has 1 heteroatoms. The van der Waals surface area contributed by atoms with E-state index in [1.807, 2.05) is 0 Å². The first-order valence-corrected chi connectivity index (χ1v) is 19.3. The Bertz CT molecular complexity index is 2560. The molecule has 1 nitrogen and oxygen atoms in total. The zero-order valence-corrected chi connectivity index (χ0v) is 30.3. The van der Waals surface area contributed by atoms with E-state index in [1.165, 1.54) is 91.9 Å². The van der Waals surface area contributed by atoms with Crippen LogP contribution in [-0.2, 0) is 5.41 Å². The smallest absolute Gasteiger partial charge is 0.0467 e. The molecule has 0 saturated heterocycles. The Hall–Kier alpha value is -5.92. The van der Waals surface area contributed by atoms with Gasteiger partial charge in [-0.3, -0.25) is 0 Å². The van der Waals surface area contributed by atoms with Gasteiger partial charge in [-0.2, -0.15) is 0 Å². The lowest BCUT2D eigenvalue weighted by atomic mass is 9.54. The van der Waals surface area contributed by atoms with Crippen molar-refractivity contribution in [1.82, 2.24) is 0 Å². The summed E-state index contributed by atoms with van der Waals surface area (Å²) in [6, 6.07) is 67.2. The second-order valence-corrected chi connectivity index (χ2v) is 15.8. The predicted octanol–water partition coefficient (Wildman–Crippen LogP) is 14.5. The molecule has 0 N–H and O–H groups in total. The average molecular weight is 682 g/mol. The quantitative estimate of drug-likeness (QED) is 0.162. The molecule has 3 saturated carbocycles. The van der Waals surface area contributed by atoms with E-state index in [2.05, 4.69) is 194 Å². The van der Waals surface area contributed by atoms with Crippen LogP contribution in [0, 0.1) is 11.8 Å². The van der Waals surface area contributed by atoms with E-state index in [4.69, 9.17) is 0 Å². The van der Waals surface area contributed by atoms with Crippen LogP contribution in [0.25, 0.3) is 54.9 Å². The second-order valence-electron chi connectivity index (χ2n) is 15.8. The van der Waals surface area contributed by atoms with Gasteiger partial charge >= 0.3 is 0 Å². The standard InChI is InChI=1S/C52H43N/c1-52(34-36-31-37(32-36)35-52)43-25-29-45(30-26-43)53(44-27-23-40(24-28-44)48-20-8-14-38-13-5-6-19-47(38)48)46-18-7-17-42(33-46)50-22-10-16-41-15-9-21-49(51(41)50)39-11-3-2-4-12-39/h2-30,33,36-37H,31-32,34-35H2,1H3. The molecule has 0 spiro atoms. The van der Waals surface area contributed by atoms with Crippen LogP contribution in [0.1, 0.15) is 38.2 Å². The lowest BCUT2D eigenvalue weighted by molar-refractivity contribution is 0.0526. The van der Waals surface area contributed by atoms with Crippen molar-refractivity contribution < 1.29 is 0 Å². The molecular weight excluding hydrogens is 639 g/mol. The van der Waals surface area contributed by atoms with Crippen LogP contribution < -0.4 is 4.90 Å². The number of nitrogens with zero attached hydrogens (tertiary/aromatic N) is 1. The zero-order chi connectivity index (χ0) is 35.4. The molecule has 0 amide bonds. The summed E-state index contributed by atoms with van der Waals surface area (Å²) in [5, 5.41) is 5.08. The van der Waals surface area contributed by atoms with Crippen molar-refractivity contribution in [2.24, 2.45) is 11.8 Å². The van der Waals surface area contributed by atoms with Crippen molar-refractivity contribution >= 4 is 38.6 Å². The zero-order valence-electron chi connectivity index (χ0n) is 30.3. The lowest BCUT2D eigenvalue weighted by Gasteiger charge is -2.51. The van der Waals surface area contributed by atoms with Gasteiger partial charge in [0.2, 0.25) is 0 Å². The van der Waals surface area contributed by atoms with Gasteiger partial charge in [-0.25, -0.2) is 0 Å². The molecule has 3 aliphatic rings. The van der Waals surface area contributed by atoms with E-state index in [9.17, 15) is 0 Å². The van der Waals surface area contributed by atoms with Gasteiger partial charge in [0.1, 0.15) is 0 Å². The van der Waals surface area contributed by atoms with Gasteiger partial charge in [-0.1, -0.05) is 153 Å². The van der Waals surface area contributed by atoms with Crippen LogP contribution in [0.3, 0.4) is 0 Å². The molecule has 2 bridgehead atoms. The Labute approximate surface area is 313 Å². The summed E-state index contributed by atoms with van der Waals surface area (Å²) >= 11 is 0. The molecule has 256 valence electrons. The Kier molecular flexibility index (Phi) is 7.76. The van der Waals surface area contributed by atoms with Gasteiger partial charge in [-0.15, -0.1) is 0 Å². The third-order valence-corrected chi connectivity index (χ3v) is 12.3. The van der Waals surface area contributed by atoms with Crippen LogP contribution in [0.15, 0.2) is 182 Å². The van der Waals surface area contributed by atoms with Crippen LogP contribution in [0.5, 0.6) is 0 Å². The Morgan fingerprint density at radius 1 is 0.434 bits per heavy atom. The first kappa shape index (κ1) is 31.8. The number of hydrogen-bond donors (Lipinski definition) is 0. The first-order valence-electron chi connectivity index (χ1n) is 19.3. The highest BCUT2D eigenvalue weighted by Crippen LogP contribution is 2.55. The van der Waals surface area contributed by atoms with Gasteiger partial charge in [0.05, 0.1) is 0 Å². The summed E-state index contributed by atoms with van der Waals surface area (Å²) < 4.78 is 0. The van der Waals surface area contributed by atoms with Gasteiger partial charge in [0, 0.05) is 17.1 Å². The molecule has 0 aliphatic heterocycles. The minimum atomic E-state index is 0.278. The van der Waals surface area contributed by atoms with Gasteiger partial charge in [-0.05, 0) is 140 Å². The third-order valence-electron chi connectivity index (χ3n) is 12.3. The van der Waals surface area contributed by atoms with Crippen molar-refractivity contribution in [3.63, 3.8) is 0 Å². The number of benzene rings is 8. The Morgan fingerprint density at radius 3 is 1.68 bits per heavy atom. The molecular formula is C52H43N. The van der Waals surface area contributed by atoms with E-state index < -0.39 is 0 Å². The highest BCUT2D eigenvalue weighted by Gasteiger charge is 2.45. The minimum absolute atomic E-state index is 0.278. The molecule has 3 aliphatic carbocycles. The van der Waals surface area contributed by atoms with Gasteiger partial charge in [0.15, 0.2) is 0 Å². The van der Waals surface area contributed by atoms with Gasteiger partial charge in [0.25, 0.3) is 0 Å². The van der Waals surface area contributed by atoms with E-state index in [1.54, 1.807) is 0 Å². The summed E-state index contributed by atoms with van der Waals surface area (Å²) in [5.74, 6) is 1.82. The SMILES string of the molecule is CC1(c2ccc(N(c3ccc(-c4cccc5ccccc45)cc3)c3cccc(-c4cccc5cccc(-c6ccccc6)c45)c3)cc2)CC2CC(C2)C1. The summed E-state index contributed by atoms with van der Waals surface area (Å²) in [5.41, 5.74) is 12.7. The van der Waals surface area contributed by atoms with E-state index in [0.717, 1.165) is 23.2 Å². The molecule has 0 aromatic heterocycles. The topological polar surface area (TPSA) is 3.24 Å². The van der Waals surface area contributed by atoms with Crippen molar-refractivity contribution in [2.75, 3.05) is 4.90 Å². The predicted molar refractivity (Wildman–Crippen MR) is 225 cm³/mol. The summed E-state index contributed by atoms with van der Waals surface area (Å²) in [6.07, 6.45) is 5.52. The lowest BCUT2D eigenvalue weighted by Crippen LogP contribution is -2.42. The van der Waals surface area contributed by atoms with E-state index in [-0.39, 0.29) is 5.41 Å². The maximum atomic E-state index is 2.50. The largest absolute Gasteiger partial charge is 0.310 e. The normalized spacial score (nSPS) is 19.2. The average Bonchev–Trinajstić information content (AvgIpc) is 3.21. The molecule has 53 heavy (non-hydrogen) atoms. The van der Waals surface area contributed by atoms with Crippen molar-refractivity contribution in [1.29, 1.82) is 0 Å². The number of hydrogen-bond acceptors (Lipinski definition) is 1. The molecule has 8 aromatic rings. The fraction of sp³-hybridized carbons (Fsp3) is 0.154.